The highest BCUT2D eigenvalue weighted by Crippen LogP contribution is 2.23. The van der Waals surface area contributed by atoms with Gasteiger partial charge in [-0.1, -0.05) is 38.0 Å². The molecule has 1 rings (SSSR count). The van der Waals surface area contributed by atoms with E-state index >= 15 is 0 Å². The zero-order valence-electron chi connectivity index (χ0n) is 13.3. The Hall–Kier alpha value is -3.28. The smallest absolute Gasteiger partial charge is 0.335 e. The molecule has 0 fully saturated rings. The van der Waals surface area contributed by atoms with Gasteiger partial charge in [0.1, 0.15) is 5.76 Å². The SMILES string of the molecule is C=C/C=C(\C=C/Cc1ccc(OC(=O)C=C)c(F)c1F)OC(=O)C=C. The van der Waals surface area contributed by atoms with Crippen LogP contribution in [0.4, 0.5) is 8.78 Å². The molecule has 0 radical (unpaired) electrons. The maximum absolute atomic E-state index is 14.0. The van der Waals surface area contributed by atoms with Crippen molar-refractivity contribution in [1.82, 2.24) is 0 Å². The van der Waals surface area contributed by atoms with Crippen LogP contribution >= 0.6 is 0 Å². The van der Waals surface area contributed by atoms with Crippen molar-refractivity contribution in [2.75, 3.05) is 0 Å². The lowest BCUT2D eigenvalue weighted by atomic mass is 10.1. The Morgan fingerprint density at radius 1 is 1.04 bits per heavy atom. The maximum Gasteiger partial charge on any atom is 0.335 e. The van der Waals surface area contributed by atoms with Gasteiger partial charge in [0.15, 0.2) is 11.6 Å². The lowest BCUT2D eigenvalue weighted by Crippen LogP contribution is -2.06. The number of hydrogen-bond donors (Lipinski definition) is 0. The molecule has 0 bridgehead atoms. The molecule has 6 heteroatoms. The van der Waals surface area contributed by atoms with Crippen LogP contribution in [0.3, 0.4) is 0 Å². The molecular weight excluding hydrogens is 330 g/mol. The Bertz CT molecular complexity index is 761. The highest BCUT2D eigenvalue weighted by molar-refractivity contribution is 5.83. The summed E-state index contributed by atoms with van der Waals surface area (Å²) in [5, 5.41) is 0. The van der Waals surface area contributed by atoms with E-state index in [4.69, 9.17) is 4.74 Å². The summed E-state index contributed by atoms with van der Waals surface area (Å²) in [7, 11) is 0. The predicted octanol–water partition coefficient (Wildman–Crippen LogP) is 3.95. The van der Waals surface area contributed by atoms with E-state index in [0.717, 1.165) is 18.2 Å². The third kappa shape index (κ3) is 6.02. The second-order valence-electron chi connectivity index (χ2n) is 4.51. The normalized spacial score (nSPS) is 11.0. The summed E-state index contributed by atoms with van der Waals surface area (Å²) in [6.45, 7) is 9.92. The molecule has 1 aromatic rings. The van der Waals surface area contributed by atoms with E-state index < -0.39 is 29.3 Å². The van der Waals surface area contributed by atoms with Gasteiger partial charge in [-0.05, 0) is 30.2 Å². The Morgan fingerprint density at radius 3 is 2.32 bits per heavy atom. The molecule has 0 aliphatic carbocycles. The molecule has 25 heavy (non-hydrogen) atoms. The molecule has 0 aromatic heterocycles. The average molecular weight is 346 g/mol. The molecular formula is C19H16F2O4. The first kappa shape index (κ1) is 19.8. The highest BCUT2D eigenvalue weighted by Gasteiger charge is 2.15. The molecule has 1 aromatic carbocycles. The molecule has 4 nitrogen and oxygen atoms in total. The fraction of sp³-hybridized carbons (Fsp3) is 0.0526. The number of carbonyl (C=O) groups is 2. The van der Waals surface area contributed by atoms with E-state index in [1.807, 2.05) is 0 Å². The van der Waals surface area contributed by atoms with Crippen molar-refractivity contribution in [2.24, 2.45) is 0 Å². The fourth-order valence-electron chi connectivity index (χ4n) is 1.66. The standard InChI is InChI=1S/C19H16F2O4/c1-4-8-14(24-16(22)5-2)10-7-9-13-11-12-15(19(21)18(13)20)25-17(23)6-3/h4-8,10-12H,1-3,9H2/b10-7-,14-8+. The third-order valence-corrected chi connectivity index (χ3v) is 2.79. The van der Waals surface area contributed by atoms with Gasteiger partial charge in [0.05, 0.1) is 0 Å². The monoisotopic (exact) mass is 346 g/mol. The van der Waals surface area contributed by atoms with Gasteiger partial charge in [0.25, 0.3) is 0 Å². The van der Waals surface area contributed by atoms with Gasteiger partial charge in [-0.15, -0.1) is 0 Å². The van der Waals surface area contributed by atoms with Crippen molar-refractivity contribution in [3.8, 4) is 5.75 Å². The molecule has 0 spiro atoms. The molecule has 0 aliphatic rings. The van der Waals surface area contributed by atoms with E-state index in [1.165, 1.54) is 30.4 Å². The molecule has 0 unspecified atom stereocenters. The Balaban J connectivity index is 2.90. The van der Waals surface area contributed by atoms with Crippen molar-refractivity contribution in [3.63, 3.8) is 0 Å². The van der Waals surface area contributed by atoms with Crippen LogP contribution in [0.25, 0.3) is 0 Å². The highest BCUT2D eigenvalue weighted by atomic mass is 19.2. The first-order chi connectivity index (χ1) is 11.9. The quantitative estimate of drug-likeness (QED) is 0.235. The number of hydrogen-bond acceptors (Lipinski definition) is 4. The number of halogens is 2. The molecule has 0 amide bonds. The van der Waals surface area contributed by atoms with Gasteiger partial charge < -0.3 is 9.47 Å². The Labute approximate surface area is 144 Å². The van der Waals surface area contributed by atoms with Crippen LogP contribution in [0.1, 0.15) is 5.56 Å². The zero-order chi connectivity index (χ0) is 18.8. The van der Waals surface area contributed by atoms with Crippen molar-refractivity contribution in [1.29, 1.82) is 0 Å². The summed E-state index contributed by atoms with van der Waals surface area (Å²) in [5.41, 5.74) is 0.0279. The molecule has 0 aliphatic heterocycles. The second-order valence-corrected chi connectivity index (χ2v) is 4.51. The summed E-state index contributed by atoms with van der Waals surface area (Å²) in [4.78, 5) is 22.2. The second kappa shape index (κ2) is 9.77. The first-order valence-corrected chi connectivity index (χ1v) is 7.07. The van der Waals surface area contributed by atoms with E-state index in [1.54, 1.807) is 0 Å². The molecule has 0 heterocycles. The summed E-state index contributed by atoms with van der Waals surface area (Å²) in [6.07, 6.45) is 7.55. The van der Waals surface area contributed by atoms with Crippen LogP contribution in [0.15, 0.2) is 74.1 Å². The van der Waals surface area contributed by atoms with Crippen LogP contribution in [0, 0.1) is 11.6 Å². The number of carbonyl (C=O) groups excluding carboxylic acids is 2. The maximum atomic E-state index is 14.0. The van der Waals surface area contributed by atoms with E-state index in [2.05, 4.69) is 24.5 Å². The number of esters is 2. The van der Waals surface area contributed by atoms with E-state index in [9.17, 15) is 18.4 Å². The van der Waals surface area contributed by atoms with Crippen LogP contribution < -0.4 is 4.74 Å². The molecule has 130 valence electrons. The minimum Gasteiger partial charge on any atom is -0.423 e. The van der Waals surface area contributed by atoms with Gasteiger partial charge >= 0.3 is 11.9 Å². The predicted molar refractivity (Wildman–Crippen MR) is 89.6 cm³/mol. The Morgan fingerprint density at radius 2 is 1.72 bits per heavy atom. The minimum absolute atomic E-state index is 0.0125. The van der Waals surface area contributed by atoms with Crippen molar-refractivity contribution in [2.45, 2.75) is 6.42 Å². The zero-order valence-corrected chi connectivity index (χ0v) is 13.3. The Kier molecular flexibility index (Phi) is 7.72. The molecule has 0 N–H and O–H groups in total. The van der Waals surface area contributed by atoms with E-state index in [0.29, 0.717) is 0 Å². The number of allylic oxidation sites excluding steroid dienone is 4. The van der Waals surface area contributed by atoms with Crippen LogP contribution in [0.5, 0.6) is 5.75 Å². The number of ether oxygens (including phenoxy) is 2. The minimum atomic E-state index is -1.28. The van der Waals surface area contributed by atoms with Gasteiger partial charge in [-0.3, -0.25) is 0 Å². The van der Waals surface area contributed by atoms with Crippen molar-refractivity contribution < 1.29 is 27.8 Å². The summed E-state index contributed by atoms with van der Waals surface area (Å²) in [6, 6.07) is 2.42. The molecule has 0 atom stereocenters. The summed E-state index contributed by atoms with van der Waals surface area (Å²) < 4.78 is 37.4. The number of rotatable bonds is 8. The van der Waals surface area contributed by atoms with Gasteiger partial charge in [0, 0.05) is 12.2 Å². The topological polar surface area (TPSA) is 52.6 Å². The fourth-order valence-corrected chi connectivity index (χ4v) is 1.66. The molecule has 0 saturated heterocycles. The lowest BCUT2D eigenvalue weighted by Gasteiger charge is -2.07. The van der Waals surface area contributed by atoms with Gasteiger partial charge in [0.2, 0.25) is 5.82 Å². The summed E-state index contributed by atoms with van der Waals surface area (Å²) in [5.74, 6) is -4.34. The average Bonchev–Trinajstić information content (AvgIpc) is 2.60. The third-order valence-electron chi connectivity index (χ3n) is 2.79. The first-order valence-electron chi connectivity index (χ1n) is 7.07. The van der Waals surface area contributed by atoms with Gasteiger partial charge in [-0.2, -0.15) is 4.39 Å². The lowest BCUT2D eigenvalue weighted by molar-refractivity contribution is -0.133. The van der Waals surface area contributed by atoms with Crippen LogP contribution in [0.2, 0.25) is 0 Å². The van der Waals surface area contributed by atoms with E-state index in [-0.39, 0.29) is 17.7 Å². The summed E-state index contributed by atoms with van der Waals surface area (Å²) >= 11 is 0. The van der Waals surface area contributed by atoms with Crippen molar-refractivity contribution >= 4 is 11.9 Å². The largest absolute Gasteiger partial charge is 0.423 e. The van der Waals surface area contributed by atoms with Gasteiger partial charge in [-0.25, -0.2) is 14.0 Å². The van der Waals surface area contributed by atoms with Crippen LogP contribution in [-0.4, -0.2) is 11.9 Å². The van der Waals surface area contributed by atoms with Crippen molar-refractivity contribution in [3.05, 3.63) is 91.3 Å². The van der Waals surface area contributed by atoms with Crippen LogP contribution in [-0.2, 0) is 20.7 Å². The number of benzene rings is 1. The molecule has 0 saturated carbocycles.